The fourth-order valence-corrected chi connectivity index (χ4v) is 2.85. The first-order chi connectivity index (χ1) is 9.56. The Labute approximate surface area is 117 Å². The molecule has 2 aromatic rings. The average Bonchev–Trinajstić information content (AvgIpc) is 2.95. The molecule has 2 aromatic heterocycles. The Morgan fingerprint density at radius 1 is 1.55 bits per heavy atom. The molecule has 1 aliphatic rings. The first-order valence-electron chi connectivity index (χ1n) is 6.68. The van der Waals surface area contributed by atoms with Gasteiger partial charge in [0.1, 0.15) is 11.8 Å². The Kier molecular flexibility index (Phi) is 3.19. The summed E-state index contributed by atoms with van der Waals surface area (Å²) in [7, 11) is 0. The third-order valence-electron chi connectivity index (χ3n) is 3.96. The van der Waals surface area contributed by atoms with Crippen molar-refractivity contribution >= 4 is 16.9 Å². The zero-order valence-electron chi connectivity index (χ0n) is 11.5. The van der Waals surface area contributed by atoms with Gasteiger partial charge in [-0.1, -0.05) is 12.2 Å². The third kappa shape index (κ3) is 2.17. The van der Waals surface area contributed by atoms with Crippen LogP contribution in [0.15, 0.2) is 24.7 Å². The van der Waals surface area contributed by atoms with Gasteiger partial charge in [0.25, 0.3) is 0 Å². The number of nitrogen functional groups attached to an aromatic ring is 1. The van der Waals surface area contributed by atoms with Crippen molar-refractivity contribution in [3.05, 3.63) is 30.2 Å². The van der Waals surface area contributed by atoms with Crippen LogP contribution in [-0.2, 0) is 6.54 Å². The number of anilines is 1. The number of aromatic nitrogens is 3. The summed E-state index contributed by atoms with van der Waals surface area (Å²) in [6.45, 7) is 8.13. The zero-order valence-corrected chi connectivity index (χ0v) is 11.5. The second-order valence-electron chi connectivity index (χ2n) is 5.51. The van der Waals surface area contributed by atoms with Gasteiger partial charge in [0, 0.05) is 37.3 Å². The lowest BCUT2D eigenvalue weighted by atomic mass is 9.99. The molecule has 6 heteroatoms. The molecule has 1 saturated heterocycles. The molecule has 20 heavy (non-hydrogen) atoms. The van der Waals surface area contributed by atoms with Crippen LogP contribution >= 0.6 is 0 Å². The van der Waals surface area contributed by atoms with E-state index in [0.29, 0.717) is 12.4 Å². The molecule has 106 valence electrons. The van der Waals surface area contributed by atoms with E-state index in [2.05, 4.69) is 26.4 Å². The Morgan fingerprint density at radius 3 is 3.05 bits per heavy atom. The molecule has 0 saturated carbocycles. The predicted molar refractivity (Wildman–Crippen MR) is 77.9 cm³/mol. The van der Waals surface area contributed by atoms with E-state index in [0.717, 1.165) is 35.3 Å². The molecule has 2 atom stereocenters. The van der Waals surface area contributed by atoms with Crippen LogP contribution in [0, 0.1) is 5.92 Å². The molecular weight excluding hydrogens is 254 g/mol. The van der Waals surface area contributed by atoms with Crippen LogP contribution in [0.2, 0.25) is 0 Å². The highest BCUT2D eigenvalue weighted by Gasteiger charge is 2.31. The molecule has 4 N–H and O–H groups in total. The average molecular weight is 273 g/mol. The van der Waals surface area contributed by atoms with Crippen molar-refractivity contribution in [2.24, 2.45) is 5.92 Å². The highest BCUT2D eigenvalue weighted by Crippen LogP contribution is 2.26. The van der Waals surface area contributed by atoms with Gasteiger partial charge in [0.2, 0.25) is 0 Å². The van der Waals surface area contributed by atoms with Gasteiger partial charge in [-0.2, -0.15) is 0 Å². The van der Waals surface area contributed by atoms with Crippen LogP contribution in [0.3, 0.4) is 0 Å². The van der Waals surface area contributed by atoms with Gasteiger partial charge in [-0.15, -0.1) is 0 Å². The second kappa shape index (κ2) is 4.88. The van der Waals surface area contributed by atoms with Gasteiger partial charge in [0.15, 0.2) is 5.82 Å². The summed E-state index contributed by atoms with van der Waals surface area (Å²) in [5, 5.41) is 10.1. The van der Waals surface area contributed by atoms with Crippen molar-refractivity contribution in [2.75, 3.05) is 18.8 Å². The van der Waals surface area contributed by atoms with Gasteiger partial charge in [0.05, 0.1) is 11.6 Å². The van der Waals surface area contributed by atoms with E-state index >= 15 is 0 Å². The number of aromatic amines is 1. The van der Waals surface area contributed by atoms with Gasteiger partial charge in [-0.3, -0.25) is 4.90 Å². The minimum absolute atomic E-state index is 0.153. The molecule has 0 amide bonds. The number of nitrogens with one attached hydrogen (secondary N) is 1. The van der Waals surface area contributed by atoms with Gasteiger partial charge < -0.3 is 15.8 Å². The maximum Gasteiger partial charge on any atom is 0.151 e. The monoisotopic (exact) mass is 273 g/mol. The first-order valence-corrected chi connectivity index (χ1v) is 6.68. The maximum atomic E-state index is 10.1. The molecule has 0 aromatic carbocycles. The highest BCUT2D eigenvalue weighted by atomic mass is 16.3. The highest BCUT2D eigenvalue weighted by molar-refractivity contribution is 5.86. The number of fused-ring (bicyclic) bond motifs is 1. The topological polar surface area (TPSA) is 91.1 Å². The third-order valence-corrected chi connectivity index (χ3v) is 3.96. The molecule has 1 fully saturated rings. The second-order valence-corrected chi connectivity index (χ2v) is 5.51. The fourth-order valence-electron chi connectivity index (χ4n) is 2.85. The standard InChI is InChI=1S/C14H19N5O/c1-8(2)10-5-19(6-11(10)20)4-9-3-16-13-12(9)17-7-18-14(13)15/h3,7,10-11,16,20H,1,4-6H2,2H3,(H2,15,17,18)/t10-,11+/m1/s1. The number of β-amino-alcohol motifs (C(OH)–C–C–N with tert-alkyl or cyclic N) is 1. The molecule has 0 aliphatic carbocycles. The van der Waals surface area contributed by atoms with E-state index in [-0.39, 0.29) is 12.0 Å². The Balaban J connectivity index is 1.81. The zero-order chi connectivity index (χ0) is 14.3. The molecule has 0 bridgehead atoms. The summed E-state index contributed by atoms with van der Waals surface area (Å²) in [4.78, 5) is 13.6. The summed E-state index contributed by atoms with van der Waals surface area (Å²) in [5.41, 5.74) is 9.55. The summed E-state index contributed by atoms with van der Waals surface area (Å²) >= 11 is 0. The van der Waals surface area contributed by atoms with Gasteiger partial charge in [-0.05, 0) is 6.92 Å². The van der Waals surface area contributed by atoms with E-state index in [4.69, 9.17) is 5.73 Å². The van der Waals surface area contributed by atoms with E-state index < -0.39 is 0 Å². The van der Waals surface area contributed by atoms with Gasteiger partial charge in [-0.25, -0.2) is 9.97 Å². The van der Waals surface area contributed by atoms with Crippen LogP contribution in [0.25, 0.3) is 11.0 Å². The normalized spacial score (nSPS) is 23.5. The van der Waals surface area contributed by atoms with Crippen LogP contribution in [-0.4, -0.2) is 44.2 Å². The summed E-state index contributed by atoms with van der Waals surface area (Å²) < 4.78 is 0. The number of nitrogens with zero attached hydrogens (tertiary/aromatic N) is 3. The predicted octanol–water partition coefficient (Wildman–Crippen LogP) is 0.909. The lowest BCUT2D eigenvalue weighted by molar-refractivity contribution is 0.153. The fraction of sp³-hybridized carbons (Fsp3) is 0.429. The summed E-state index contributed by atoms with van der Waals surface area (Å²) in [6, 6.07) is 0. The Bertz CT molecular complexity index is 650. The number of hydrogen-bond donors (Lipinski definition) is 3. The summed E-state index contributed by atoms with van der Waals surface area (Å²) in [5.74, 6) is 0.613. The minimum Gasteiger partial charge on any atom is -0.391 e. The summed E-state index contributed by atoms with van der Waals surface area (Å²) in [6.07, 6.45) is 3.05. The number of likely N-dealkylation sites (tertiary alicyclic amines) is 1. The maximum absolute atomic E-state index is 10.1. The van der Waals surface area contributed by atoms with Crippen LogP contribution in [0.1, 0.15) is 12.5 Å². The Hall–Kier alpha value is -1.92. The van der Waals surface area contributed by atoms with E-state index in [1.807, 2.05) is 13.1 Å². The van der Waals surface area contributed by atoms with E-state index in [1.54, 1.807) is 0 Å². The number of H-pyrrole nitrogens is 1. The number of aliphatic hydroxyl groups is 1. The Morgan fingerprint density at radius 2 is 2.35 bits per heavy atom. The SMILES string of the molecule is C=C(C)[C@H]1CN(Cc2c[nH]c3c(N)ncnc23)C[C@@H]1O. The van der Waals surface area contributed by atoms with Crippen molar-refractivity contribution in [1.82, 2.24) is 19.9 Å². The quantitative estimate of drug-likeness (QED) is 0.723. The van der Waals surface area contributed by atoms with Crippen molar-refractivity contribution in [1.29, 1.82) is 0 Å². The number of rotatable bonds is 3. The molecular formula is C14H19N5O. The largest absolute Gasteiger partial charge is 0.391 e. The van der Waals surface area contributed by atoms with Gasteiger partial charge >= 0.3 is 0 Å². The van der Waals surface area contributed by atoms with Crippen molar-refractivity contribution in [3.63, 3.8) is 0 Å². The number of hydrogen-bond acceptors (Lipinski definition) is 5. The van der Waals surface area contributed by atoms with E-state index in [9.17, 15) is 5.11 Å². The number of nitrogens with two attached hydrogens (primary N) is 1. The molecule has 6 nitrogen and oxygen atoms in total. The minimum atomic E-state index is -0.336. The molecule has 3 rings (SSSR count). The molecule has 0 radical (unpaired) electrons. The molecule has 0 unspecified atom stereocenters. The number of aliphatic hydroxyl groups excluding tert-OH is 1. The first kappa shape index (κ1) is 13.1. The van der Waals surface area contributed by atoms with E-state index in [1.165, 1.54) is 6.33 Å². The molecule has 3 heterocycles. The lowest BCUT2D eigenvalue weighted by Gasteiger charge is -2.14. The van der Waals surface area contributed by atoms with Crippen molar-refractivity contribution in [2.45, 2.75) is 19.6 Å². The van der Waals surface area contributed by atoms with Crippen LogP contribution in [0.5, 0.6) is 0 Å². The smallest absolute Gasteiger partial charge is 0.151 e. The van der Waals surface area contributed by atoms with Crippen molar-refractivity contribution in [3.8, 4) is 0 Å². The lowest BCUT2D eigenvalue weighted by Crippen LogP contribution is -2.21. The molecule has 1 aliphatic heterocycles. The van der Waals surface area contributed by atoms with Crippen LogP contribution < -0.4 is 5.73 Å². The van der Waals surface area contributed by atoms with Crippen LogP contribution in [0.4, 0.5) is 5.82 Å². The molecule has 0 spiro atoms. The van der Waals surface area contributed by atoms with Crippen molar-refractivity contribution < 1.29 is 5.11 Å².